The van der Waals surface area contributed by atoms with Gasteiger partial charge in [-0.3, -0.25) is 4.79 Å². The summed E-state index contributed by atoms with van der Waals surface area (Å²) >= 11 is 0. The lowest BCUT2D eigenvalue weighted by atomic mass is 10.00. The summed E-state index contributed by atoms with van der Waals surface area (Å²) in [6, 6.07) is 13.6. The first kappa shape index (κ1) is 22.3. The molecule has 1 fully saturated rings. The number of carbonyl (C=O) groups is 1. The molecule has 0 aliphatic carbocycles. The van der Waals surface area contributed by atoms with E-state index >= 15 is 0 Å². The van der Waals surface area contributed by atoms with Crippen molar-refractivity contribution in [1.29, 1.82) is 0 Å². The maximum absolute atomic E-state index is 13.2. The van der Waals surface area contributed by atoms with Gasteiger partial charge in [-0.05, 0) is 43.2 Å². The number of aryl methyl sites for hydroxylation is 2. The first-order chi connectivity index (χ1) is 16.3. The van der Waals surface area contributed by atoms with Crippen molar-refractivity contribution in [3.05, 3.63) is 65.2 Å². The Labute approximate surface area is 198 Å². The van der Waals surface area contributed by atoms with E-state index in [4.69, 9.17) is 4.74 Å². The summed E-state index contributed by atoms with van der Waals surface area (Å²) < 4.78 is 35.0. The molecule has 34 heavy (non-hydrogen) atoms. The van der Waals surface area contributed by atoms with E-state index in [1.807, 2.05) is 32.0 Å². The van der Waals surface area contributed by atoms with Crippen LogP contribution in [-0.4, -0.2) is 61.5 Å². The predicted molar refractivity (Wildman–Crippen MR) is 127 cm³/mol. The monoisotopic (exact) mass is 479 g/mol. The minimum absolute atomic E-state index is 0.0364. The fourth-order valence-corrected chi connectivity index (χ4v) is 5.34. The predicted octanol–water partition coefficient (Wildman–Crippen LogP) is 2.37. The molecule has 1 aromatic heterocycles. The fourth-order valence-electron chi connectivity index (χ4n) is 4.35. The van der Waals surface area contributed by atoms with E-state index in [1.165, 1.54) is 12.1 Å². The Hall–Kier alpha value is -3.50. The minimum Gasteiger partial charge on any atom is -0.471 e. The van der Waals surface area contributed by atoms with Crippen LogP contribution < -0.4 is 14.8 Å². The summed E-state index contributed by atoms with van der Waals surface area (Å²) in [7, 11) is -4.04. The number of sulfonamides is 1. The summed E-state index contributed by atoms with van der Waals surface area (Å²) in [6.07, 6.45) is -0.374. The number of hydrogen-bond acceptors (Lipinski definition) is 7. The summed E-state index contributed by atoms with van der Waals surface area (Å²) in [6.45, 7) is 5.90. The molecule has 1 unspecified atom stereocenters. The molecule has 10 heteroatoms. The van der Waals surface area contributed by atoms with Gasteiger partial charge < -0.3 is 15.0 Å². The van der Waals surface area contributed by atoms with E-state index in [9.17, 15) is 13.2 Å². The summed E-state index contributed by atoms with van der Waals surface area (Å²) in [5.74, 6) is -0.107. The molecule has 2 aliphatic heterocycles. The molecule has 2 aromatic carbocycles. The Morgan fingerprint density at radius 2 is 1.82 bits per heavy atom. The van der Waals surface area contributed by atoms with Gasteiger partial charge in [-0.1, -0.05) is 24.3 Å². The van der Waals surface area contributed by atoms with Crippen LogP contribution in [0.2, 0.25) is 0 Å². The number of carbonyl (C=O) groups excluding carboxylic acids is 1. The Kier molecular flexibility index (Phi) is 5.70. The van der Waals surface area contributed by atoms with Gasteiger partial charge >= 0.3 is 0 Å². The zero-order valence-corrected chi connectivity index (χ0v) is 19.7. The molecule has 6 bridgehead atoms. The molecule has 1 saturated heterocycles. The van der Waals surface area contributed by atoms with E-state index in [-0.39, 0.29) is 28.7 Å². The van der Waals surface area contributed by atoms with Crippen molar-refractivity contribution in [2.75, 3.05) is 30.9 Å². The Morgan fingerprint density at radius 1 is 1.06 bits per heavy atom. The molecular formula is C24H25N5O4S. The Morgan fingerprint density at radius 3 is 2.62 bits per heavy atom. The SMILES string of the molecule is Cc1cccc(C)c1-c1cc2nc(n1)NS(=O)(=O)c1cccc(c1)C(=O)N1CCNCC(C1)O2. The molecule has 176 valence electrons. The number of rotatable bonds is 1. The fraction of sp³-hybridized carbons (Fsp3) is 0.292. The van der Waals surface area contributed by atoms with Crippen LogP contribution in [0.4, 0.5) is 5.95 Å². The number of amides is 1. The molecule has 2 N–H and O–H groups in total. The van der Waals surface area contributed by atoms with Gasteiger partial charge in [0, 0.05) is 36.8 Å². The first-order valence-corrected chi connectivity index (χ1v) is 12.5. The summed E-state index contributed by atoms with van der Waals surface area (Å²) in [5.41, 5.74) is 3.73. The van der Waals surface area contributed by atoms with Crippen LogP contribution in [0.15, 0.2) is 53.4 Å². The van der Waals surface area contributed by atoms with Crippen molar-refractivity contribution in [2.24, 2.45) is 0 Å². The lowest BCUT2D eigenvalue weighted by Crippen LogP contribution is -2.40. The molecular weight excluding hydrogens is 454 g/mol. The third-order valence-electron chi connectivity index (χ3n) is 5.99. The van der Waals surface area contributed by atoms with Crippen molar-refractivity contribution < 1.29 is 17.9 Å². The van der Waals surface area contributed by atoms with E-state index in [0.717, 1.165) is 16.7 Å². The largest absolute Gasteiger partial charge is 0.471 e. The van der Waals surface area contributed by atoms with E-state index in [0.29, 0.717) is 37.4 Å². The molecule has 1 amide bonds. The van der Waals surface area contributed by atoms with Gasteiger partial charge in [0.05, 0.1) is 17.1 Å². The van der Waals surface area contributed by atoms with Crippen molar-refractivity contribution in [1.82, 2.24) is 20.2 Å². The number of ether oxygens (including phenoxy) is 1. The van der Waals surface area contributed by atoms with Gasteiger partial charge in [0.15, 0.2) is 0 Å². The molecule has 3 aromatic rings. The molecule has 2 aliphatic rings. The van der Waals surface area contributed by atoms with Crippen molar-refractivity contribution in [3.63, 3.8) is 0 Å². The normalized spacial score (nSPS) is 19.5. The topological polar surface area (TPSA) is 114 Å². The molecule has 0 spiro atoms. The standard InChI is InChI=1S/C24H25N5O4S/c1-15-5-3-6-16(2)22(15)20-12-21-27-24(26-20)28-34(31,32)19-8-4-7-17(11-19)23(30)29-10-9-25-13-18(14-29)33-21/h3-8,11-12,18,25H,9-10,13-14H2,1-2H3,(H,26,27,28). The number of fused-ring (bicyclic) bond motifs is 6. The first-order valence-electron chi connectivity index (χ1n) is 11.1. The van der Waals surface area contributed by atoms with Crippen molar-refractivity contribution >= 4 is 21.9 Å². The van der Waals surface area contributed by atoms with Gasteiger partial charge in [-0.15, -0.1) is 0 Å². The molecule has 9 nitrogen and oxygen atoms in total. The molecule has 0 radical (unpaired) electrons. The van der Waals surface area contributed by atoms with Gasteiger partial charge in [-0.25, -0.2) is 18.1 Å². The average Bonchev–Trinajstić information content (AvgIpc) is 3.03. The van der Waals surface area contributed by atoms with Crippen LogP contribution in [0, 0.1) is 13.8 Å². The quantitative estimate of drug-likeness (QED) is 0.551. The number of benzene rings is 2. The smallest absolute Gasteiger partial charge is 0.264 e. The second kappa shape index (κ2) is 8.69. The highest BCUT2D eigenvalue weighted by molar-refractivity contribution is 7.92. The van der Waals surface area contributed by atoms with Gasteiger partial charge in [0.25, 0.3) is 15.9 Å². The molecule has 1 atom stereocenters. The van der Waals surface area contributed by atoms with Crippen molar-refractivity contribution in [3.8, 4) is 17.1 Å². The minimum atomic E-state index is -4.04. The molecule has 5 rings (SSSR count). The number of hydrogen-bond donors (Lipinski definition) is 2. The van der Waals surface area contributed by atoms with Gasteiger partial charge in [0.2, 0.25) is 11.8 Å². The molecule has 3 heterocycles. The van der Waals surface area contributed by atoms with Crippen LogP contribution in [-0.2, 0) is 10.0 Å². The highest BCUT2D eigenvalue weighted by Gasteiger charge is 2.27. The van der Waals surface area contributed by atoms with Crippen LogP contribution in [0.1, 0.15) is 21.5 Å². The summed E-state index contributed by atoms with van der Waals surface area (Å²) in [4.78, 5) is 23.7. The lowest BCUT2D eigenvalue weighted by molar-refractivity contribution is 0.0693. The van der Waals surface area contributed by atoms with Gasteiger partial charge in [0.1, 0.15) is 6.10 Å². The van der Waals surface area contributed by atoms with E-state index in [1.54, 1.807) is 23.1 Å². The zero-order chi connectivity index (χ0) is 23.9. The van der Waals surface area contributed by atoms with E-state index in [2.05, 4.69) is 20.0 Å². The number of aromatic nitrogens is 2. The second-order valence-corrected chi connectivity index (χ2v) is 10.2. The van der Waals surface area contributed by atoms with E-state index < -0.39 is 10.0 Å². The highest BCUT2D eigenvalue weighted by atomic mass is 32.2. The highest BCUT2D eigenvalue weighted by Crippen LogP contribution is 2.30. The average molecular weight is 480 g/mol. The number of nitrogens with zero attached hydrogens (tertiary/aromatic N) is 3. The van der Waals surface area contributed by atoms with Crippen LogP contribution >= 0.6 is 0 Å². The zero-order valence-electron chi connectivity index (χ0n) is 18.9. The second-order valence-electron chi connectivity index (χ2n) is 8.51. The van der Waals surface area contributed by atoms with Crippen molar-refractivity contribution in [2.45, 2.75) is 24.8 Å². The lowest BCUT2D eigenvalue weighted by Gasteiger charge is -2.24. The third kappa shape index (κ3) is 4.34. The molecule has 0 saturated carbocycles. The number of nitrogens with one attached hydrogen (secondary N) is 2. The van der Waals surface area contributed by atoms with Crippen LogP contribution in [0.25, 0.3) is 11.3 Å². The number of anilines is 1. The van der Waals surface area contributed by atoms with Crippen LogP contribution in [0.3, 0.4) is 0 Å². The van der Waals surface area contributed by atoms with Crippen LogP contribution in [0.5, 0.6) is 5.88 Å². The third-order valence-corrected chi connectivity index (χ3v) is 7.31. The Balaban J connectivity index is 1.68. The maximum atomic E-state index is 13.2. The maximum Gasteiger partial charge on any atom is 0.264 e. The Bertz CT molecular complexity index is 1360. The van der Waals surface area contributed by atoms with Gasteiger partial charge in [-0.2, -0.15) is 4.98 Å². The summed E-state index contributed by atoms with van der Waals surface area (Å²) in [5, 5.41) is 3.30.